The predicted molar refractivity (Wildman–Crippen MR) is 118 cm³/mol. The monoisotopic (exact) mass is 401 g/mol. The van der Waals surface area contributed by atoms with Crippen LogP contribution in [0.1, 0.15) is 74.7 Å². The van der Waals surface area contributed by atoms with E-state index in [1.54, 1.807) is 14.2 Å². The number of benzene rings is 1. The molecule has 3 rings (SSSR count). The van der Waals surface area contributed by atoms with Crippen LogP contribution >= 0.6 is 0 Å². The van der Waals surface area contributed by atoms with Crippen molar-refractivity contribution in [2.45, 2.75) is 65.2 Å². The van der Waals surface area contributed by atoms with Gasteiger partial charge in [-0.1, -0.05) is 33.1 Å². The molecule has 0 aliphatic heterocycles. The normalized spacial score (nSPS) is 24.0. The maximum atomic E-state index is 12.9. The molecule has 2 unspecified atom stereocenters. The number of hydrogen-bond acceptors (Lipinski definition) is 4. The summed E-state index contributed by atoms with van der Waals surface area (Å²) in [5.74, 6) is 3.47. The van der Waals surface area contributed by atoms with Crippen molar-refractivity contribution < 1.29 is 14.3 Å². The number of hydrogen-bond donors (Lipinski definition) is 0. The Bertz CT molecular complexity index is 687. The first-order chi connectivity index (χ1) is 14.1. The molecule has 0 heterocycles. The number of methoxy groups -OCH3 is 2. The minimum absolute atomic E-state index is 0.110. The standard InChI is InChI=1S/C25H39NO3/c1-5-12-26(17-20-10-7-6-9-18(20)2)13-8-11-19-14-21-15-23(28-3)24(29-4)16-22(21)25(19)27/h15-16,18-20H,5-14,17H2,1-4H3/t18-,19?,20?/m0/s1. The summed E-state index contributed by atoms with van der Waals surface area (Å²) in [5, 5.41) is 0. The van der Waals surface area contributed by atoms with E-state index in [1.165, 1.54) is 45.2 Å². The van der Waals surface area contributed by atoms with Crippen molar-refractivity contribution in [1.82, 2.24) is 4.90 Å². The van der Waals surface area contributed by atoms with Crippen LogP contribution in [0.4, 0.5) is 0 Å². The Kier molecular flexibility index (Phi) is 7.99. The molecule has 162 valence electrons. The Morgan fingerprint density at radius 2 is 1.79 bits per heavy atom. The molecule has 1 saturated carbocycles. The molecule has 4 nitrogen and oxygen atoms in total. The average molecular weight is 402 g/mol. The molecule has 0 aromatic heterocycles. The van der Waals surface area contributed by atoms with Crippen LogP contribution in [0.5, 0.6) is 11.5 Å². The summed E-state index contributed by atoms with van der Waals surface area (Å²) in [4.78, 5) is 15.6. The first-order valence-electron chi connectivity index (χ1n) is 11.6. The third kappa shape index (κ3) is 5.33. The van der Waals surface area contributed by atoms with Gasteiger partial charge in [0.15, 0.2) is 17.3 Å². The predicted octanol–water partition coefficient (Wildman–Crippen LogP) is 5.38. The lowest BCUT2D eigenvalue weighted by Gasteiger charge is -2.34. The number of carbonyl (C=O) groups excluding carboxylic acids is 1. The molecule has 0 spiro atoms. The molecule has 0 bridgehead atoms. The molecule has 0 radical (unpaired) electrons. The van der Waals surface area contributed by atoms with Crippen LogP contribution in [0.15, 0.2) is 12.1 Å². The van der Waals surface area contributed by atoms with Crippen molar-refractivity contribution in [1.29, 1.82) is 0 Å². The fourth-order valence-corrected chi connectivity index (χ4v) is 5.30. The molecule has 1 fully saturated rings. The van der Waals surface area contributed by atoms with Crippen LogP contribution < -0.4 is 9.47 Å². The summed E-state index contributed by atoms with van der Waals surface area (Å²) >= 11 is 0. The van der Waals surface area contributed by atoms with E-state index in [0.717, 1.165) is 54.5 Å². The third-order valence-corrected chi connectivity index (χ3v) is 7.06. The van der Waals surface area contributed by atoms with E-state index in [0.29, 0.717) is 5.75 Å². The highest BCUT2D eigenvalue weighted by molar-refractivity contribution is 6.02. The summed E-state index contributed by atoms with van der Waals surface area (Å²) in [6.07, 6.45) is 9.70. The number of carbonyl (C=O) groups is 1. The van der Waals surface area contributed by atoms with Crippen molar-refractivity contribution >= 4 is 5.78 Å². The Balaban J connectivity index is 1.54. The number of fused-ring (bicyclic) bond motifs is 1. The topological polar surface area (TPSA) is 38.8 Å². The van der Waals surface area contributed by atoms with E-state index in [4.69, 9.17) is 9.47 Å². The second kappa shape index (κ2) is 10.5. The Morgan fingerprint density at radius 3 is 2.48 bits per heavy atom. The molecule has 29 heavy (non-hydrogen) atoms. The third-order valence-electron chi connectivity index (χ3n) is 7.06. The van der Waals surface area contributed by atoms with E-state index < -0.39 is 0 Å². The average Bonchev–Trinajstić information content (AvgIpc) is 3.03. The van der Waals surface area contributed by atoms with Crippen molar-refractivity contribution in [2.75, 3.05) is 33.9 Å². The number of ketones is 1. The maximum absolute atomic E-state index is 12.9. The Morgan fingerprint density at radius 1 is 1.07 bits per heavy atom. The van der Waals surface area contributed by atoms with Gasteiger partial charge in [0.25, 0.3) is 0 Å². The van der Waals surface area contributed by atoms with Gasteiger partial charge >= 0.3 is 0 Å². The number of Topliss-reactive ketones (excluding diaryl/α,β-unsaturated/α-hetero) is 1. The summed E-state index contributed by atoms with van der Waals surface area (Å²) in [5.41, 5.74) is 1.94. The van der Waals surface area contributed by atoms with Crippen LogP contribution in [0.2, 0.25) is 0 Å². The molecule has 4 heteroatoms. The minimum atomic E-state index is 0.110. The molecule has 0 amide bonds. The molecule has 3 atom stereocenters. The van der Waals surface area contributed by atoms with Gasteiger partial charge in [-0.05, 0) is 74.7 Å². The molecular weight excluding hydrogens is 362 g/mol. The number of nitrogens with zero attached hydrogens (tertiary/aromatic N) is 1. The molecule has 1 aromatic carbocycles. The minimum Gasteiger partial charge on any atom is -0.493 e. The first kappa shape index (κ1) is 22.1. The fraction of sp³-hybridized carbons (Fsp3) is 0.720. The molecule has 2 aliphatic carbocycles. The van der Waals surface area contributed by atoms with Crippen LogP contribution in [-0.4, -0.2) is 44.5 Å². The molecule has 0 N–H and O–H groups in total. The van der Waals surface area contributed by atoms with Gasteiger partial charge in [-0.25, -0.2) is 0 Å². The highest BCUT2D eigenvalue weighted by Gasteiger charge is 2.32. The summed E-state index contributed by atoms with van der Waals surface area (Å²) < 4.78 is 10.8. The molecule has 1 aromatic rings. The highest BCUT2D eigenvalue weighted by Crippen LogP contribution is 2.38. The Hall–Kier alpha value is -1.55. The number of rotatable bonds is 10. The molecular formula is C25H39NO3. The van der Waals surface area contributed by atoms with Gasteiger partial charge in [-0.3, -0.25) is 4.79 Å². The van der Waals surface area contributed by atoms with Crippen LogP contribution in [0.3, 0.4) is 0 Å². The van der Waals surface area contributed by atoms with Gasteiger partial charge in [0.05, 0.1) is 14.2 Å². The fourth-order valence-electron chi connectivity index (χ4n) is 5.30. The second-order valence-electron chi connectivity index (χ2n) is 9.09. The van der Waals surface area contributed by atoms with Crippen LogP contribution in [-0.2, 0) is 6.42 Å². The lowest BCUT2D eigenvalue weighted by atomic mass is 9.80. The van der Waals surface area contributed by atoms with Gasteiger partial charge in [0, 0.05) is 18.0 Å². The summed E-state index contributed by atoms with van der Waals surface area (Å²) in [7, 11) is 3.27. The van der Waals surface area contributed by atoms with Gasteiger partial charge in [-0.2, -0.15) is 0 Å². The summed E-state index contributed by atoms with van der Waals surface area (Å²) in [6.45, 7) is 8.24. The smallest absolute Gasteiger partial charge is 0.166 e. The lowest BCUT2D eigenvalue weighted by Crippen LogP contribution is -2.35. The quantitative estimate of drug-likeness (QED) is 0.528. The zero-order valence-corrected chi connectivity index (χ0v) is 18.8. The SMILES string of the molecule is CCCN(CCCC1Cc2cc(OC)c(OC)cc2C1=O)CC1CCCC[C@@H]1C. The van der Waals surface area contributed by atoms with Crippen molar-refractivity contribution in [3.05, 3.63) is 23.3 Å². The number of ether oxygens (including phenoxy) is 2. The van der Waals surface area contributed by atoms with Crippen molar-refractivity contribution in [3.63, 3.8) is 0 Å². The lowest BCUT2D eigenvalue weighted by molar-refractivity contribution is 0.0924. The van der Waals surface area contributed by atoms with E-state index >= 15 is 0 Å². The first-order valence-corrected chi connectivity index (χ1v) is 11.6. The van der Waals surface area contributed by atoms with E-state index in [1.807, 2.05) is 12.1 Å². The summed E-state index contributed by atoms with van der Waals surface area (Å²) in [6, 6.07) is 3.85. The zero-order chi connectivity index (χ0) is 20.8. The van der Waals surface area contributed by atoms with Crippen LogP contribution in [0, 0.1) is 17.8 Å². The van der Waals surface area contributed by atoms with Crippen LogP contribution in [0.25, 0.3) is 0 Å². The highest BCUT2D eigenvalue weighted by atomic mass is 16.5. The Labute approximate surface area is 177 Å². The van der Waals surface area contributed by atoms with Gasteiger partial charge in [0.1, 0.15) is 0 Å². The van der Waals surface area contributed by atoms with E-state index in [2.05, 4.69) is 18.7 Å². The van der Waals surface area contributed by atoms with Gasteiger partial charge in [0.2, 0.25) is 0 Å². The molecule has 2 aliphatic rings. The van der Waals surface area contributed by atoms with Gasteiger partial charge in [-0.15, -0.1) is 0 Å². The van der Waals surface area contributed by atoms with Gasteiger partial charge < -0.3 is 14.4 Å². The van der Waals surface area contributed by atoms with Crippen molar-refractivity contribution in [3.8, 4) is 11.5 Å². The largest absolute Gasteiger partial charge is 0.493 e. The zero-order valence-electron chi connectivity index (χ0n) is 18.8. The molecule has 0 saturated heterocycles. The maximum Gasteiger partial charge on any atom is 0.166 e. The van der Waals surface area contributed by atoms with E-state index in [9.17, 15) is 4.79 Å². The van der Waals surface area contributed by atoms with Crippen molar-refractivity contribution in [2.24, 2.45) is 17.8 Å². The second-order valence-corrected chi connectivity index (χ2v) is 9.09. The van der Waals surface area contributed by atoms with E-state index in [-0.39, 0.29) is 11.7 Å².